The zero-order valence-electron chi connectivity index (χ0n) is 22.5. The Balaban J connectivity index is 1.07. The monoisotopic (exact) mass is 515 g/mol. The Bertz CT molecular complexity index is 1260. The van der Waals surface area contributed by atoms with Crippen molar-refractivity contribution >= 4 is 22.6 Å². The minimum atomic E-state index is -0.574. The van der Waals surface area contributed by atoms with E-state index in [1.165, 1.54) is 10.5 Å². The molecule has 3 aromatic rings. The van der Waals surface area contributed by atoms with Crippen LogP contribution in [0, 0.1) is 0 Å². The van der Waals surface area contributed by atoms with Crippen molar-refractivity contribution in [1.82, 2.24) is 14.7 Å². The van der Waals surface area contributed by atoms with Gasteiger partial charge in [-0.3, -0.25) is 24.3 Å². The quantitative estimate of drug-likeness (QED) is 0.460. The average molecular weight is 516 g/mol. The van der Waals surface area contributed by atoms with E-state index in [-0.39, 0.29) is 23.8 Å². The molecule has 2 heterocycles. The molecule has 7 nitrogen and oxygen atoms in total. The highest BCUT2D eigenvalue weighted by Gasteiger charge is 2.33. The first-order valence-electron chi connectivity index (χ1n) is 13.4. The van der Waals surface area contributed by atoms with Crippen LogP contribution in [0.2, 0.25) is 0 Å². The lowest BCUT2D eigenvalue weighted by Crippen LogP contribution is -2.51. The van der Waals surface area contributed by atoms with Crippen molar-refractivity contribution < 1.29 is 19.4 Å². The number of carbonyl (C=O) groups is 2. The first kappa shape index (κ1) is 26.4. The number of benzene rings is 3. The zero-order chi connectivity index (χ0) is 26.9. The number of rotatable bonds is 8. The number of ether oxygens (including phenoxy) is 1. The Morgan fingerprint density at radius 3 is 1.97 bits per heavy atom. The maximum Gasteiger partial charge on any atom is 0.261 e. The molecular weight excluding hydrogens is 478 g/mol. The van der Waals surface area contributed by atoms with E-state index in [4.69, 9.17) is 4.74 Å². The predicted octanol–water partition coefficient (Wildman–Crippen LogP) is 3.79. The van der Waals surface area contributed by atoms with Gasteiger partial charge in [0, 0.05) is 62.3 Å². The zero-order valence-corrected chi connectivity index (χ0v) is 22.5. The summed E-state index contributed by atoms with van der Waals surface area (Å²) in [6.07, 6.45) is -0.574. The van der Waals surface area contributed by atoms with Crippen molar-refractivity contribution in [2.75, 3.05) is 52.4 Å². The van der Waals surface area contributed by atoms with Crippen LogP contribution in [0.4, 0.5) is 0 Å². The Kier molecular flexibility index (Phi) is 7.52. The highest BCUT2D eigenvalue weighted by Crippen LogP contribution is 2.30. The van der Waals surface area contributed by atoms with Gasteiger partial charge in [0.2, 0.25) is 0 Å². The fourth-order valence-corrected chi connectivity index (χ4v) is 5.31. The lowest BCUT2D eigenvalue weighted by molar-refractivity contribution is 0.0416. The maximum atomic E-state index is 13.1. The molecule has 5 rings (SSSR count). The van der Waals surface area contributed by atoms with Gasteiger partial charge in [-0.2, -0.15) is 0 Å². The second kappa shape index (κ2) is 10.8. The molecule has 38 heavy (non-hydrogen) atoms. The Hall–Kier alpha value is -3.26. The van der Waals surface area contributed by atoms with Gasteiger partial charge in [-0.15, -0.1) is 0 Å². The summed E-state index contributed by atoms with van der Waals surface area (Å²) in [6.45, 7) is 11.6. The first-order chi connectivity index (χ1) is 18.2. The number of hydrogen-bond acceptors (Lipinski definition) is 6. The summed E-state index contributed by atoms with van der Waals surface area (Å²) in [5.74, 6) is 0.339. The van der Waals surface area contributed by atoms with Gasteiger partial charge in [0.1, 0.15) is 18.5 Å². The van der Waals surface area contributed by atoms with Gasteiger partial charge >= 0.3 is 0 Å². The molecule has 0 radical (unpaired) electrons. The lowest BCUT2D eigenvalue weighted by atomic mass is 9.87. The SMILES string of the molecule is CC(C)(C)c1ccc(OC[C@H](O)CN2CCN(CCN3C(=O)c4cccc5cccc(c45)C3=O)CC2)cc1. The fraction of sp³-hybridized carbons (Fsp3) is 0.419. The number of amides is 2. The van der Waals surface area contributed by atoms with Crippen molar-refractivity contribution in [2.24, 2.45) is 0 Å². The summed E-state index contributed by atoms with van der Waals surface area (Å²) in [4.78, 5) is 32.1. The molecule has 0 bridgehead atoms. The van der Waals surface area contributed by atoms with Crippen molar-refractivity contribution in [1.29, 1.82) is 0 Å². The summed E-state index contributed by atoms with van der Waals surface area (Å²) >= 11 is 0. The minimum absolute atomic E-state index is 0.0963. The van der Waals surface area contributed by atoms with Crippen LogP contribution in [-0.4, -0.2) is 90.1 Å². The van der Waals surface area contributed by atoms with Gasteiger partial charge in [0.15, 0.2) is 0 Å². The van der Waals surface area contributed by atoms with Crippen molar-refractivity contribution in [3.63, 3.8) is 0 Å². The number of hydrogen-bond donors (Lipinski definition) is 1. The number of nitrogens with zero attached hydrogens (tertiary/aromatic N) is 3. The third kappa shape index (κ3) is 5.60. The third-order valence-electron chi connectivity index (χ3n) is 7.59. The first-order valence-corrected chi connectivity index (χ1v) is 13.4. The lowest BCUT2D eigenvalue weighted by Gasteiger charge is -2.36. The van der Waals surface area contributed by atoms with E-state index in [1.54, 1.807) is 0 Å². The maximum absolute atomic E-state index is 13.1. The standard InChI is InChI=1S/C31H37N3O4/c1-31(2,3)23-10-12-25(13-11-23)38-21-24(35)20-33-16-14-32(15-17-33)18-19-34-29(36)26-8-4-6-22-7-5-9-27(28(22)26)30(34)37/h4-13,24,35H,14-21H2,1-3H3/t24-/m1/s1. The number of imide groups is 1. The molecule has 2 aliphatic heterocycles. The van der Waals surface area contributed by atoms with E-state index in [2.05, 4.69) is 42.7 Å². The van der Waals surface area contributed by atoms with E-state index in [0.29, 0.717) is 30.8 Å². The van der Waals surface area contributed by atoms with Gasteiger partial charge in [-0.25, -0.2) is 0 Å². The average Bonchev–Trinajstić information content (AvgIpc) is 2.91. The molecule has 2 aliphatic rings. The summed E-state index contributed by atoms with van der Waals surface area (Å²) < 4.78 is 5.81. The van der Waals surface area contributed by atoms with Crippen molar-refractivity contribution in [3.05, 3.63) is 77.4 Å². The van der Waals surface area contributed by atoms with Crippen LogP contribution >= 0.6 is 0 Å². The van der Waals surface area contributed by atoms with Gasteiger partial charge in [0.25, 0.3) is 11.8 Å². The number of aliphatic hydroxyl groups is 1. The second-order valence-electron chi connectivity index (χ2n) is 11.4. The molecule has 0 aromatic heterocycles. The molecule has 0 saturated carbocycles. The van der Waals surface area contributed by atoms with E-state index in [9.17, 15) is 14.7 Å². The summed E-state index contributed by atoms with van der Waals surface area (Å²) in [5.41, 5.74) is 2.55. The number of carbonyl (C=O) groups excluding carboxylic acids is 2. The summed E-state index contributed by atoms with van der Waals surface area (Å²) in [5, 5.41) is 12.2. The minimum Gasteiger partial charge on any atom is -0.491 e. The number of aliphatic hydroxyl groups excluding tert-OH is 1. The van der Waals surface area contributed by atoms with Gasteiger partial charge in [0.05, 0.1) is 0 Å². The van der Waals surface area contributed by atoms with E-state index >= 15 is 0 Å². The number of piperazine rings is 1. The molecule has 1 N–H and O–H groups in total. The molecule has 1 fully saturated rings. The normalized spacial score (nSPS) is 17.7. The number of β-amino-alcohol motifs (C(OH)–C–C–N with tert-alkyl or cyclic N) is 1. The molecule has 3 aromatic carbocycles. The van der Waals surface area contributed by atoms with Gasteiger partial charge < -0.3 is 9.84 Å². The van der Waals surface area contributed by atoms with Crippen LogP contribution in [0.15, 0.2) is 60.7 Å². The van der Waals surface area contributed by atoms with E-state index < -0.39 is 6.10 Å². The Morgan fingerprint density at radius 1 is 0.816 bits per heavy atom. The molecule has 200 valence electrons. The van der Waals surface area contributed by atoms with Crippen LogP contribution in [-0.2, 0) is 5.41 Å². The molecule has 7 heteroatoms. The molecule has 0 spiro atoms. The Morgan fingerprint density at radius 2 is 1.39 bits per heavy atom. The van der Waals surface area contributed by atoms with Crippen LogP contribution in [0.3, 0.4) is 0 Å². The molecule has 1 atom stereocenters. The molecule has 2 amide bonds. The summed E-state index contributed by atoms with van der Waals surface area (Å²) in [7, 11) is 0. The van der Waals surface area contributed by atoms with Gasteiger partial charge in [-0.1, -0.05) is 57.2 Å². The second-order valence-corrected chi connectivity index (χ2v) is 11.4. The van der Waals surface area contributed by atoms with Gasteiger partial charge in [-0.05, 0) is 40.6 Å². The van der Waals surface area contributed by atoms with Crippen LogP contribution in [0.25, 0.3) is 10.8 Å². The molecule has 0 aliphatic carbocycles. The third-order valence-corrected chi connectivity index (χ3v) is 7.59. The fourth-order valence-electron chi connectivity index (χ4n) is 5.31. The molecule has 0 unspecified atom stereocenters. The largest absolute Gasteiger partial charge is 0.491 e. The Labute approximate surface area is 224 Å². The van der Waals surface area contributed by atoms with E-state index in [1.807, 2.05) is 48.5 Å². The van der Waals surface area contributed by atoms with Crippen molar-refractivity contribution in [2.45, 2.75) is 32.3 Å². The molecular formula is C31H37N3O4. The highest BCUT2D eigenvalue weighted by atomic mass is 16.5. The molecule has 1 saturated heterocycles. The van der Waals surface area contributed by atoms with Crippen LogP contribution in [0.1, 0.15) is 47.1 Å². The summed E-state index contributed by atoms with van der Waals surface area (Å²) in [6, 6.07) is 19.3. The van der Waals surface area contributed by atoms with Crippen molar-refractivity contribution in [3.8, 4) is 5.75 Å². The van der Waals surface area contributed by atoms with E-state index in [0.717, 1.165) is 42.7 Å². The smallest absolute Gasteiger partial charge is 0.261 e. The highest BCUT2D eigenvalue weighted by molar-refractivity contribution is 6.25. The van der Waals surface area contributed by atoms with Crippen LogP contribution in [0.5, 0.6) is 5.75 Å². The predicted molar refractivity (Wildman–Crippen MR) is 149 cm³/mol. The topological polar surface area (TPSA) is 73.3 Å². The van der Waals surface area contributed by atoms with Crippen LogP contribution < -0.4 is 4.74 Å².